The number of nitrogens with zero attached hydrogens (tertiary/aromatic N) is 3. The van der Waals surface area contributed by atoms with E-state index in [2.05, 4.69) is 16.8 Å². The number of carbonyl (C=O) groups excluding carboxylic acids is 1. The van der Waals surface area contributed by atoms with Gasteiger partial charge in [-0.1, -0.05) is 18.7 Å². The molecule has 0 aromatic carbocycles. The van der Waals surface area contributed by atoms with E-state index < -0.39 is 0 Å². The molecule has 1 saturated heterocycles. The predicted molar refractivity (Wildman–Crippen MR) is 81.0 cm³/mol. The maximum Gasteiger partial charge on any atom is 0.227 e. The second kappa shape index (κ2) is 6.72. The van der Waals surface area contributed by atoms with Crippen LogP contribution in [0.25, 0.3) is 0 Å². The SMILES string of the molecule is CCN1CCN(C(=O)Cc2sc(SC)nc2C)CC1. The standard InChI is InChI=1S/C13H21N3OS2/c1-4-15-5-7-16(8-6-15)12(17)9-11-10(2)14-13(18-3)19-11/h4-9H2,1-3H3. The Labute approximate surface area is 123 Å². The van der Waals surface area contributed by atoms with Gasteiger partial charge in [0.15, 0.2) is 0 Å². The van der Waals surface area contributed by atoms with Crippen LogP contribution in [0.5, 0.6) is 0 Å². The van der Waals surface area contributed by atoms with Crippen LogP contribution >= 0.6 is 23.1 Å². The van der Waals surface area contributed by atoms with Gasteiger partial charge in [-0.15, -0.1) is 11.3 Å². The minimum absolute atomic E-state index is 0.246. The largest absolute Gasteiger partial charge is 0.340 e. The molecule has 6 heteroatoms. The van der Waals surface area contributed by atoms with E-state index in [9.17, 15) is 4.79 Å². The third kappa shape index (κ3) is 3.70. The van der Waals surface area contributed by atoms with Crippen molar-refractivity contribution in [2.24, 2.45) is 0 Å². The fraction of sp³-hybridized carbons (Fsp3) is 0.692. The Balaban J connectivity index is 1.92. The maximum absolute atomic E-state index is 12.3. The molecule has 1 aliphatic heterocycles. The van der Waals surface area contributed by atoms with Gasteiger partial charge in [-0.3, -0.25) is 4.79 Å². The molecule has 1 aliphatic rings. The van der Waals surface area contributed by atoms with Gasteiger partial charge in [-0.2, -0.15) is 0 Å². The van der Waals surface area contributed by atoms with Gasteiger partial charge >= 0.3 is 0 Å². The van der Waals surface area contributed by atoms with Gasteiger partial charge in [0, 0.05) is 31.1 Å². The van der Waals surface area contributed by atoms with Gasteiger partial charge in [0.1, 0.15) is 4.34 Å². The molecule has 1 aromatic rings. The van der Waals surface area contributed by atoms with Crippen LogP contribution in [0, 0.1) is 6.92 Å². The lowest BCUT2D eigenvalue weighted by Crippen LogP contribution is -2.48. The topological polar surface area (TPSA) is 36.4 Å². The van der Waals surface area contributed by atoms with Crippen molar-refractivity contribution in [2.75, 3.05) is 39.0 Å². The summed E-state index contributed by atoms with van der Waals surface area (Å²) in [5, 5.41) is 0. The summed E-state index contributed by atoms with van der Waals surface area (Å²) in [6, 6.07) is 0. The van der Waals surface area contributed by atoms with Gasteiger partial charge in [-0.25, -0.2) is 4.98 Å². The van der Waals surface area contributed by atoms with Crippen LogP contribution in [-0.4, -0.2) is 59.7 Å². The Morgan fingerprint density at radius 2 is 2.05 bits per heavy atom. The maximum atomic E-state index is 12.3. The molecule has 106 valence electrons. The number of likely N-dealkylation sites (N-methyl/N-ethyl adjacent to an activating group) is 1. The van der Waals surface area contributed by atoms with Gasteiger partial charge in [0.25, 0.3) is 0 Å². The molecule has 4 nitrogen and oxygen atoms in total. The Kier molecular flexibility index (Phi) is 5.24. The van der Waals surface area contributed by atoms with Crippen LogP contribution in [0.4, 0.5) is 0 Å². The Morgan fingerprint density at radius 3 is 2.58 bits per heavy atom. The number of hydrogen-bond donors (Lipinski definition) is 0. The van der Waals surface area contributed by atoms with Crippen LogP contribution in [0.3, 0.4) is 0 Å². The van der Waals surface area contributed by atoms with E-state index in [1.165, 1.54) is 0 Å². The minimum atomic E-state index is 0.246. The number of carbonyl (C=O) groups is 1. The van der Waals surface area contributed by atoms with Crippen LogP contribution in [-0.2, 0) is 11.2 Å². The van der Waals surface area contributed by atoms with E-state index in [-0.39, 0.29) is 5.91 Å². The average molecular weight is 299 g/mol. The summed E-state index contributed by atoms with van der Waals surface area (Å²) < 4.78 is 1.05. The molecule has 1 fully saturated rings. The predicted octanol–water partition coefficient (Wildman–Crippen LogP) is 1.88. The number of hydrogen-bond acceptors (Lipinski definition) is 5. The highest BCUT2D eigenvalue weighted by atomic mass is 32.2. The third-order valence-electron chi connectivity index (χ3n) is 3.53. The van der Waals surface area contributed by atoms with Crippen molar-refractivity contribution >= 4 is 29.0 Å². The summed E-state index contributed by atoms with van der Waals surface area (Å²) in [4.78, 5) is 22.2. The summed E-state index contributed by atoms with van der Waals surface area (Å²) in [6.07, 6.45) is 2.53. The molecule has 0 bridgehead atoms. The van der Waals surface area contributed by atoms with E-state index >= 15 is 0 Å². The summed E-state index contributed by atoms with van der Waals surface area (Å²) in [5.74, 6) is 0.246. The molecule has 1 aromatic heterocycles. The number of aryl methyl sites for hydroxylation is 1. The first-order chi connectivity index (χ1) is 9.13. The molecule has 1 amide bonds. The van der Waals surface area contributed by atoms with Crippen molar-refractivity contribution < 1.29 is 4.79 Å². The van der Waals surface area contributed by atoms with E-state index in [4.69, 9.17) is 0 Å². The minimum Gasteiger partial charge on any atom is -0.340 e. The molecule has 0 aliphatic carbocycles. The lowest BCUT2D eigenvalue weighted by Gasteiger charge is -2.34. The molecule has 2 rings (SSSR count). The van der Waals surface area contributed by atoms with E-state index in [1.54, 1.807) is 23.1 Å². The lowest BCUT2D eigenvalue weighted by atomic mass is 10.2. The number of aromatic nitrogens is 1. The molecule has 19 heavy (non-hydrogen) atoms. The zero-order valence-corrected chi connectivity index (χ0v) is 13.4. The Bertz CT molecular complexity index is 439. The van der Waals surface area contributed by atoms with E-state index in [0.29, 0.717) is 6.42 Å². The normalized spacial score (nSPS) is 16.9. The molecular weight excluding hydrogens is 278 g/mol. The molecular formula is C13H21N3OS2. The summed E-state index contributed by atoms with van der Waals surface area (Å²) in [5.41, 5.74) is 1.01. The molecule has 2 heterocycles. The van der Waals surface area contributed by atoms with Gasteiger partial charge in [0.05, 0.1) is 12.1 Å². The highest BCUT2D eigenvalue weighted by Crippen LogP contribution is 2.26. The van der Waals surface area contributed by atoms with Gasteiger partial charge < -0.3 is 9.80 Å². The first-order valence-electron chi connectivity index (χ1n) is 6.64. The van der Waals surface area contributed by atoms with Crippen molar-refractivity contribution in [3.05, 3.63) is 10.6 Å². The zero-order valence-electron chi connectivity index (χ0n) is 11.8. The second-order valence-corrected chi connectivity index (χ2v) is 6.82. The van der Waals surface area contributed by atoms with Crippen LogP contribution in [0.1, 0.15) is 17.5 Å². The highest BCUT2D eigenvalue weighted by Gasteiger charge is 2.21. The zero-order chi connectivity index (χ0) is 13.8. The Hall–Kier alpha value is -0.590. The highest BCUT2D eigenvalue weighted by molar-refractivity contribution is 8.00. The smallest absolute Gasteiger partial charge is 0.227 e. The van der Waals surface area contributed by atoms with Gasteiger partial charge in [0.2, 0.25) is 5.91 Å². The molecule has 0 radical (unpaired) electrons. The number of rotatable bonds is 4. The fourth-order valence-electron chi connectivity index (χ4n) is 2.22. The summed E-state index contributed by atoms with van der Waals surface area (Å²) in [6.45, 7) is 8.96. The monoisotopic (exact) mass is 299 g/mol. The molecule has 0 atom stereocenters. The molecule has 0 unspecified atom stereocenters. The van der Waals surface area contributed by atoms with E-state index in [0.717, 1.165) is 47.6 Å². The quantitative estimate of drug-likeness (QED) is 0.796. The Morgan fingerprint density at radius 1 is 1.37 bits per heavy atom. The van der Waals surface area contributed by atoms with E-state index in [1.807, 2.05) is 18.1 Å². The number of thioether (sulfide) groups is 1. The number of thiazole rings is 1. The average Bonchev–Trinajstić information content (AvgIpc) is 2.79. The molecule has 0 spiro atoms. The first-order valence-corrected chi connectivity index (χ1v) is 8.68. The fourth-order valence-corrected chi connectivity index (χ4v) is 3.86. The molecule has 0 saturated carbocycles. The van der Waals surface area contributed by atoms with Crippen LogP contribution in [0.2, 0.25) is 0 Å². The first kappa shape index (κ1) is 14.8. The third-order valence-corrected chi connectivity index (χ3v) is 5.67. The number of amides is 1. The van der Waals surface area contributed by atoms with Crippen molar-refractivity contribution in [1.29, 1.82) is 0 Å². The van der Waals surface area contributed by atoms with Crippen LogP contribution < -0.4 is 0 Å². The van der Waals surface area contributed by atoms with Crippen LogP contribution in [0.15, 0.2) is 4.34 Å². The summed E-state index contributed by atoms with van der Waals surface area (Å²) >= 11 is 3.30. The van der Waals surface area contributed by atoms with Crippen molar-refractivity contribution in [2.45, 2.75) is 24.6 Å². The second-order valence-electron chi connectivity index (χ2n) is 4.68. The van der Waals surface area contributed by atoms with Crippen molar-refractivity contribution in [1.82, 2.24) is 14.8 Å². The molecule has 0 N–H and O–H groups in total. The van der Waals surface area contributed by atoms with Gasteiger partial charge in [-0.05, 0) is 19.7 Å². The summed E-state index contributed by atoms with van der Waals surface area (Å²) in [7, 11) is 0. The van der Waals surface area contributed by atoms with Crippen molar-refractivity contribution in [3.8, 4) is 0 Å². The van der Waals surface area contributed by atoms with Crippen molar-refractivity contribution in [3.63, 3.8) is 0 Å². The number of piperazine rings is 1. The lowest BCUT2D eigenvalue weighted by molar-refractivity contribution is -0.132.